The van der Waals surface area contributed by atoms with Crippen LogP contribution in [-0.2, 0) is 12.1 Å². The van der Waals surface area contributed by atoms with E-state index in [1.165, 1.54) is 17.7 Å². The molecule has 0 saturated carbocycles. The lowest BCUT2D eigenvalue weighted by Crippen LogP contribution is -2.48. The maximum Gasteiger partial charge on any atom is 0.231 e. The molecule has 0 aliphatic carbocycles. The number of piperazine rings is 1. The number of aromatic nitrogens is 4. The van der Waals surface area contributed by atoms with Crippen LogP contribution in [0.2, 0.25) is 0 Å². The minimum Gasteiger partial charge on any atom is -0.454 e. The first-order valence-electron chi connectivity index (χ1n) is 11.3. The number of benzene rings is 2. The maximum atomic E-state index is 13.7. The third kappa shape index (κ3) is 4.56. The first-order valence-corrected chi connectivity index (χ1v) is 11.3. The molecule has 0 spiro atoms. The number of hydrogen-bond acceptors (Lipinski definition) is 7. The van der Waals surface area contributed by atoms with Gasteiger partial charge in [-0.1, -0.05) is 18.2 Å². The van der Waals surface area contributed by atoms with Crippen molar-refractivity contribution in [1.29, 1.82) is 0 Å². The van der Waals surface area contributed by atoms with Gasteiger partial charge in [-0.25, -0.2) is 9.07 Å². The SMILES string of the molecule is CC(C)(C)n1nnnc1[C@@H](c1ccc(F)cc1)N1CCN(Cc2ccc3c(c2)OCO3)CC1. The van der Waals surface area contributed by atoms with Gasteiger partial charge in [-0.05, 0) is 66.6 Å². The predicted octanol–water partition coefficient (Wildman–Crippen LogP) is 3.20. The van der Waals surface area contributed by atoms with E-state index in [1.54, 1.807) is 0 Å². The van der Waals surface area contributed by atoms with Crippen LogP contribution in [-0.4, -0.2) is 63.0 Å². The predicted molar refractivity (Wildman–Crippen MR) is 120 cm³/mol. The minimum absolute atomic E-state index is 0.146. The second-order valence-corrected chi connectivity index (χ2v) is 9.57. The number of rotatable bonds is 5. The molecule has 0 bridgehead atoms. The Kier molecular flexibility index (Phi) is 5.76. The van der Waals surface area contributed by atoms with E-state index in [4.69, 9.17) is 9.47 Å². The van der Waals surface area contributed by atoms with Crippen molar-refractivity contribution >= 4 is 0 Å². The molecule has 174 valence electrons. The summed E-state index contributed by atoms with van der Waals surface area (Å²) in [6.45, 7) is 10.9. The monoisotopic (exact) mass is 452 g/mol. The third-order valence-electron chi connectivity index (χ3n) is 6.17. The highest BCUT2D eigenvalue weighted by Gasteiger charge is 2.33. The molecule has 33 heavy (non-hydrogen) atoms. The van der Waals surface area contributed by atoms with Crippen molar-refractivity contribution in [2.75, 3.05) is 33.0 Å². The van der Waals surface area contributed by atoms with Gasteiger partial charge in [0, 0.05) is 32.7 Å². The van der Waals surface area contributed by atoms with Crippen molar-refractivity contribution in [3.63, 3.8) is 0 Å². The molecule has 2 aliphatic heterocycles. The van der Waals surface area contributed by atoms with Gasteiger partial charge in [-0.15, -0.1) is 5.10 Å². The zero-order chi connectivity index (χ0) is 23.0. The molecule has 0 unspecified atom stereocenters. The summed E-state index contributed by atoms with van der Waals surface area (Å²) >= 11 is 0. The fourth-order valence-corrected chi connectivity index (χ4v) is 4.49. The van der Waals surface area contributed by atoms with Crippen molar-refractivity contribution in [2.45, 2.75) is 38.9 Å². The van der Waals surface area contributed by atoms with Crippen LogP contribution in [0.3, 0.4) is 0 Å². The summed E-state index contributed by atoms with van der Waals surface area (Å²) in [7, 11) is 0. The Balaban J connectivity index is 1.34. The Bertz CT molecular complexity index is 1100. The highest BCUT2D eigenvalue weighted by Crippen LogP contribution is 2.34. The van der Waals surface area contributed by atoms with Crippen LogP contribution in [0, 0.1) is 5.82 Å². The van der Waals surface area contributed by atoms with Crippen LogP contribution in [0.15, 0.2) is 42.5 Å². The highest BCUT2D eigenvalue weighted by molar-refractivity contribution is 5.44. The van der Waals surface area contributed by atoms with Crippen LogP contribution in [0.25, 0.3) is 0 Å². The largest absolute Gasteiger partial charge is 0.454 e. The van der Waals surface area contributed by atoms with Gasteiger partial charge in [0.15, 0.2) is 17.3 Å². The summed E-state index contributed by atoms with van der Waals surface area (Å²) in [5.41, 5.74) is 1.93. The van der Waals surface area contributed by atoms with Gasteiger partial charge < -0.3 is 9.47 Å². The lowest BCUT2D eigenvalue weighted by molar-refractivity contribution is 0.0979. The molecule has 9 heteroatoms. The summed E-state index contributed by atoms with van der Waals surface area (Å²) < 4.78 is 26.5. The van der Waals surface area contributed by atoms with Gasteiger partial charge in [0.2, 0.25) is 6.79 Å². The number of tetrazole rings is 1. The van der Waals surface area contributed by atoms with Gasteiger partial charge >= 0.3 is 0 Å². The van der Waals surface area contributed by atoms with E-state index >= 15 is 0 Å². The first kappa shape index (κ1) is 21.8. The molecule has 5 rings (SSSR count). The van der Waals surface area contributed by atoms with Gasteiger partial charge in [0.25, 0.3) is 0 Å². The molecule has 2 aromatic carbocycles. The summed E-state index contributed by atoms with van der Waals surface area (Å²) in [5.74, 6) is 2.15. The minimum atomic E-state index is -0.266. The van der Waals surface area contributed by atoms with Gasteiger partial charge in [0.05, 0.1) is 11.6 Å². The second-order valence-electron chi connectivity index (χ2n) is 9.57. The molecule has 0 amide bonds. The lowest BCUT2D eigenvalue weighted by atomic mass is 10.0. The highest BCUT2D eigenvalue weighted by atomic mass is 19.1. The number of fused-ring (bicyclic) bond motifs is 1. The van der Waals surface area contributed by atoms with Crippen molar-refractivity contribution in [3.05, 3.63) is 65.2 Å². The molecule has 3 aromatic rings. The molecule has 1 fully saturated rings. The van der Waals surface area contributed by atoms with E-state index in [-0.39, 0.29) is 24.2 Å². The smallest absolute Gasteiger partial charge is 0.231 e. The lowest BCUT2D eigenvalue weighted by Gasteiger charge is -2.39. The zero-order valence-electron chi connectivity index (χ0n) is 19.2. The molecular weight excluding hydrogens is 423 g/mol. The number of hydrogen-bond donors (Lipinski definition) is 0. The molecule has 0 N–H and O–H groups in total. The quantitative estimate of drug-likeness (QED) is 0.589. The van der Waals surface area contributed by atoms with E-state index in [9.17, 15) is 4.39 Å². The topological polar surface area (TPSA) is 68.5 Å². The maximum absolute atomic E-state index is 13.7. The molecule has 3 heterocycles. The van der Waals surface area contributed by atoms with Gasteiger partial charge in [-0.3, -0.25) is 9.80 Å². The Hall–Kier alpha value is -3.04. The standard InChI is InChI=1S/C24H29FN6O2/c1-24(2,3)31-23(26-27-28-31)22(18-5-7-19(25)8-6-18)30-12-10-29(11-13-30)15-17-4-9-20-21(14-17)33-16-32-20/h4-9,14,22H,10-13,15-16H2,1-3H3/t22-/m1/s1. The molecule has 1 aromatic heterocycles. The van der Waals surface area contributed by atoms with E-state index in [2.05, 4.69) is 58.2 Å². The van der Waals surface area contributed by atoms with Crippen molar-refractivity contribution in [2.24, 2.45) is 0 Å². The van der Waals surface area contributed by atoms with Gasteiger partial charge in [0.1, 0.15) is 5.82 Å². The Morgan fingerprint density at radius 3 is 2.42 bits per heavy atom. The van der Waals surface area contributed by atoms with E-state index in [0.29, 0.717) is 0 Å². The summed E-state index contributed by atoms with van der Waals surface area (Å²) in [5, 5.41) is 12.6. The van der Waals surface area contributed by atoms with Crippen LogP contribution in [0.5, 0.6) is 11.5 Å². The average molecular weight is 453 g/mol. The fraction of sp³-hybridized carbons (Fsp3) is 0.458. The summed E-state index contributed by atoms with van der Waals surface area (Å²) in [4.78, 5) is 4.82. The van der Waals surface area contributed by atoms with Crippen LogP contribution < -0.4 is 9.47 Å². The van der Waals surface area contributed by atoms with Crippen LogP contribution in [0.4, 0.5) is 4.39 Å². The normalized spacial score (nSPS) is 17.9. The van der Waals surface area contributed by atoms with E-state index < -0.39 is 0 Å². The fourth-order valence-electron chi connectivity index (χ4n) is 4.49. The van der Waals surface area contributed by atoms with Gasteiger partial charge in [-0.2, -0.15) is 0 Å². The Morgan fingerprint density at radius 2 is 1.70 bits per heavy atom. The van der Waals surface area contributed by atoms with Crippen LogP contribution >= 0.6 is 0 Å². The zero-order valence-corrected chi connectivity index (χ0v) is 19.2. The Labute approximate surface area is 192 Å². The molecular formula is C24H29FN6O2. The molecule has 8 nitrogen and oxygen atoms in total. The Morgan fingerprint density at radius 1 is 0.970 bits per heavy atom. The van der Waals surface area contributed by atoms with Crippen molar-refractivity contribution in [1.82, 2.24) is 30.0 Å². The molecule has 0 radical (unpaired) electrons. The van der Waals surface area contributed by atoms with Crippen molar-refractivity contribution < 1.29 is 13.9 Å². The van der Waals surface area contributed by atoms with E-state index in [1.807, 2.05) is 22.9 Å². The van der Waals surface area contributed by atoms with Crippen molar-refractivity contribution in [3.8, 4) is 11.5 Å². The second kappa shape index (κ2) is 8.72. The average Bonchev–Trinajstić information content (AvgIpc) is 3.46. The van der Waals surface area contributed by atoms with Crippen LogP contribution in [0.1, 0.15) is 43.8 Å². The number of ether oxygens (including phenoxy) is 2. The van der Waals surface area contributed by atoms with E-state index in [0.717, 1.165) is 55.6 Å². The summed E-state index contributed by atoms with van der Waals surface area (Å²) in [6, 6.07) is 12.7. The molecule has 2 aliphatic rings. The summed E-state index contributed by atoms with van der Waals surface area (Å²) in [6.07, 6.45) is 0. The molecule has 1 saturated heterocycles. The number of halogens is 1. The molecule has 1 atom stereocenters. The third-order valence-corrected chi connectivity index (χ3v) is 6.17. The first-order chi connectivity index (χ1) is 15.9. The number of nitrogens with zero attached hydrogens (tertiary/aromatic N) is 6.